The summed E-state index contributed by atoms with van der Waals surface area (Å²) in [6, 6.07) is 4.77. The van der Waals surface area contributed by atoms with E-state index in [0.29, 0.717) is 19.7 Å². The van der Waals surface area contributed by atoms with Crippen LogP contribution in [0, 0.1) is 12.7 Å². The second kappa shape index (κ2) is 5.99. The molecule has 0 spiro atoms. The molecule has 6 heteroatoms. The highest BCUT2D eigenvalue weighted by Crippen LogP contribution is 2.15. The van der Waals surface area contributed by atoms with E-state index in [-0.39, 0.29) is 11.7 Å². The third-order valence-electron chi connectivity index (χ3n) is 3.30. The van der Waals surface area contributed by atoms with E-state index in [0.717, 1.165) is 17.7 Å². The molecular formula is C13H18FN3O2. The summed E-state index contributed by atoms with van der Waals surface area (Å²) in [7, 11) is 0. The summed E-state index contributed by atoms with van der Waals surface area (Å²) < 4.78 is 18.7. The van der Waals surface area contributed by atoms with Gasteiger partial charge in [-0.15, -0.1) is 0 Å². The third-order valence-corrected chi connectivity index (χ3v) is 3.30. The monoisotopic (exact) mass is 267 g/mol. The zero-order valence-corrected chi connectivity index (χ0v) is 10.8. The van der Waals surface area contributed by atoms with Gasteiger partial charge in [0.15, 0.2) is 5.84 Å². The predicted molar refractivity (Wildman–Crippen MR) is 69.6 cm³/mol. The topological polar surface area (TPSA) is 71.1 Å². The molecule has 0 amide bonds. The first-order chi connectivity index (χ1) is 9.10. The van der Waals surface area contributed by atoms with Crippen LogP contribution in [0.25, 0.3) is 0 Å². The van der Waals surface area contributed by atoms with Crippen molar-refractivity contribution < 1.29 is 14.3 Å². The number of hydrogen-bond acceptors (Lipinski definition) is 4. The lowest BCUT2D eigenvalue weighted by Gasteiger charge is -2.32. The fourth-order valence-corrected chi connectivity index (χ4v) is 2.14. The minimum atomic E-state index is -0.410. The Hall–Kier alpha value is -1.66. The number of hydrogen-bond donors (Lipinski definition) is 2. The van der Waals surface area contributed by atoms with E-state index >= 15 is 0 Å². The van der Waals surface area contributed by atoms with E-state index in [1.807, 2.05) is 6.92 Å². The van der Waals surface area contributed by atoms with Crippen LogP contribution in [0.5, 0.6) is 0 Å². The van der Waals surface area contributed by atoms with Gasteiger partial charge in [-0.2, -0.15) is 0 Å². The first kappa shape index (κ1) is 13.8. The molecule has 0 radical (unpaired) electrons. The average Bonchev–Trinajstić information content (AvgIpc) is 2.42. The van der Waals surface area contributed by atoms with E-state index in [9.17, 15) is 4.39 Å². The van der Waals surface area contributed by atoms with E-state index < -0.39 is 6.10 Å². The van der Waals surface area contributed by atoms with Crippen molar-refractivity contribution in [1.82, 2.24) is 4.90 Å². The molecule has 0 saturated carbocycles. The lowest BCUT2D eigenvalue weighted by Crippen LogP contribution is -2.48. The van der Waals surface area contributed by atoms with Crippen LogP contribution >= 0.6 is 0 Å². The summed E-state index contributed by atoms with van der Waals surface area (Å²) >= 11 is 0. The second-order valence-electron chi connectivity index (χ2n) is 4.69. The van der Waals surface area contributed by atoms with E-state index in [2.05, 4.69) is 10.1 Å². The number of halogens is 1. The normalized spacial score (nSPS) is 21.6. The summed E-state index contributed by atoms with van der Waals surface area (Å²) in [5.74, 6) is -0.164. The lowest BCUT2D eigenvalue weighted by molar-refractivity contribution is 0.00132. The van der Waals surface area contributed by atoms with Crippen molar-refractivity contribution in [3.8, 4) is 0 Å². The Kier molecular flexibility index (Phi) is 4.34. The zero-order valence-electron chi connectivity index (χ0n) is 10.8. The highest BCUT2D eigenvalue weighted by atomic mass is 19.1. The molecule has 1 fully saturated rings. The van der Waals surface area contributed by atoms with Gasteiger partial charge in [0.1, 0.15) is 11.9 Å². The Labute approximate surface area is 111 Å². The molecule has 1 aliphatic heterocycles. The number of morpholine rings is 1. The van der Waals surface area contributed by atoms with Gasteiger partial charge in [-0.05, 0) is 30.2 Å². The van der Waals surface area contributed by atoms with Gasteiger partial charge in [0.2, 0.25) is 0 Å². The molecule has 5 nitrogen and oxygen atoms in total. The fraction of sp³-hybridized carbons (Fsp3) is 0.462. The van der Waals surface area contributed by atoms with Crippen molar-refractivity contribution in [2.45, 2.75) is 19.6 Å². The van der Waals surface area contributed by atoms with E-state index in [4.69, 9.17) is 15.7 Å². The van der Waals surface area contributed by atoms with Crippen LogP contribution < -0.4 is 5.73 Å². The fourth-order valence-electron chi connectivity index (χ4n) is 2.14. The molecule has 1 aromatic rings. The van der Waals surface area contributed by atoms with Gasteiger partial charge in [-0.1, -0.05) is 11.2 Å². The Morgan fingerprint density at radius 1 is 1.63 bits per heavy atom. The number of aryl methyl sites for hydroxylation is 1. The lowest BCUT2D eigenvalue weighted by atomic mass is 10.1. The smallest absolute Gasteiger partial charge is 0.169 e. The second-order valence-corrected chi connectivity index (χ2v) is 4.69. The van der Waals surface area contributed by atoms with Crippen LogP contribution in [-0.4, -0.2) is 41.7 Å². The van der Waals surface area contributed by atoms with Crippen molar-refractivity contribution in [2.75, 3.05) is 19.7 Å². The number of nitrogens with two attached hydrogens (primary N) is 1. The highest BCUT2D eigenvalue weighted by molar-refractivity contribution is 5.84. The highest BCUT2D eigenvalue weighted by Gasteiger charge is 2.24. The molecule has 104 valence electrons. The quantitative estimate of drug-likeness (QED) is 0.372. The summed E-state index contributed by atoms with van der Waals surface area (Å²) in [6.07, 6.45) is -0.410. The number of rotatable bonds is 3. The largest absolute Gasteiger partial charge is 0.409 e. The first-order valence-electron chi connectivity index (χ1n) is 6.16. The maximum Gasteiger partial charge on any atom is 0.169 e. The number of benzene rings is 1. The number of amidine groups is 1. The summed E-state index contributed by atoms with van der Waals surface area (Å²) in [6.45, 7) is 4.37. The van der Waals surface area contributed by atoms with Crippen molar-refractivity contribution in [3.05, 3.63) is 35.1 Å². The predicted octanol–water partition coefficient (Wildman–Crippen LogP) is 1.08. The minimum absolute atomic E-state index is 0.0701. The molecule has 1 atom stereocenters. The minimum Gasteiger partial charge on any atom is -0.409 e. The Morgan fingerprint density at radius 3 is 3.16 bits per heavy atom. The average molecular weight is 267 g/mol. The SMILES string of the molecule is Cc1ccc(F)cc1CN1CCOC(/C(N)=N/O)C1. The van der Waals surface area contributed by atoms with Gasteiger partial charge >= 0.3 is 0 Å². The number of ether oxygens (including phenoxy) is 1. The van der Waals surface area contributed by atoms with Gasteiger partial charge in [0.25, 0.3) is 0 Å². The van der Waals surface area contributed by atoms with Gasteiger partial charge in [-0.3, -0.25) is 4.90 Å². The molecule has 0 aromatic heterocycles. The van der Waals surface area contributed by atoms with Crippen molar-refractivity contribution in [1.29, 1.82) is 0 Å². The molecule has 1 aliphatic rings. The zero-order chi connectivity index (χ0) is 13.8. The molecule has 2 rings (SSSR count). The van der Waals surface area contributed by atoms with Gasteiger partial charge < -0.3 is 15.7 Å². The molecule has 1 aromatic carbocycles. The van der Waals surface area contributed by atoms with Crippen molar-refractivity contribution in [3.63, 3.8) is 0 Å². The van der Waals surface area contributed by atoms with Gasteiger partial charge in [0, 0.05) is 19.6 Å². The molecule has 0 bridgehead atoms. The molecule has 1 saturated heterocycles. The van der Waals surface area contributed by atoms with Crippen LogP contribution in [0.2, 0.25) is 0 Å². The molecule has 3 N–H and O–H groups in total. The Morgan fingerprint density at radius 2 is 2.42 bits per heavy atom. The van der Waals surface area contributed by atoms with Crippen LogP contribution in [0.15, 0.2) is 23.4 Å². The Bertz CT molecular complexity index is 479. The molecule has 1 unspecified atom stereocenters. The van der Waals surface area contributed by atoms with E-state index in [1.54, 1.807) is 12.1 Å². The standard InChI is InChI=1S/C13H18FN3O2/c1-9-2-3-11(14)6-10(9)7-17-4-5-19-12(8-17)13(15)16-18/h2-3,6,12,18H,4-5,7-8H2,1H3,(H2,15,16). The molecule has 19 heavy (non-hydrogen) atoms. The van der Waals surface area contributed by atoms with E-state index in [1.165, 1.54) is 6.07 Å². The van der Waals surface area contributed by atoms with Crippen molar-refractivity contribution >= 4 is 5.84 Å². The maximum absolute atomic E-state index is 13.2. The number of oxime groups is 1. The van der Waals surface area contributed by atoms with Crippen LogP contribution in [0.1, 0.15) is 11.1 Å². The summed E-state index contributed by atoms with van der Waals surface area (Å²) in [5, 5.41) is 11.6. The number of nitrogens with zero attached hydrogens (tertiary/aromatic N) is 2. The first-order valence-corrected chi connectivity index (χ1v) is 6.16. The van der Waals surface area contributed by atoms with Gasteiger partial charge in [0.05, 0.1) is 6.61 Å². The third kappa shape index (κ3) is 3.42. The molecule has 0 aliphatic carbocycles. The maximum atomic E-state index is 13.2. The summed E-state index contributed by atoms with van der Waals surface area (Å²) in [5.41, 5.74) is 7.54. The van der Waals surface area contributed by atoms with Crippen LogP contribution in [-0.2, 0) is 11.3 Å². The molecular weight excluding hydrogens is 249 g/mol. The van der Waals surface area contributed by atoms with Crippen LogP contribution in [0.4, 0.5) is 4.39 Å². The van der Waals surface area contributed by atoms with Gasteiger partial charge in [-0.25, -0.2) is 4.39 Å². The summed E-state index contributed by atoms with van der Waals surface area (Å²) in [4.78, 5) is 2.11. The van der Waals surface area contributed by atoms with Crippen molar-refractivity contribution in [2.24, 2.45) is 10.9 Å². The van der Waals surface area contributed by atoms with Crippen LogP contribution in [0.3, 0.4) is 0 Å². The Balaban J connectivity index is 2.04. The molecule has 1 heterocycles.